The molecule has 7 rings (SSSR count). The van der Waals surface area contributed by atoms with Crippen molar-refractivity contribution in [3.8, 4) is 34.2 Å². The molecule has 2 aliphatic heterocycles. The van der Waals surface area contributed by atoms with Crippen LogP contribution in [0.3, 0.4) is 0 Å². The molecular formula is C41H41ClN6O4. The molecule has 0 aliphatic carbocycles. The summed E-state index contributed by atoms with van der Waals surface area (Å²) in [7, 11) is 3.70. The summed E-state index contributed by atoms with van der Waals surface area (Å²) < 4.78 is 9.35. The molecule has 2 aromatic heterocycles. The summed E-state index contributed by atoms with van der Waals surface area (Å²) in [5.74, 6) is -0.403. The minimum absolute atomic E-state index is 0.0696. The lowest BCUT2D eigenvalue weighted by molar-refractivity contribution is 0.0193. The number of hydrogen-bond donors (Lipinski definition) is 2. The SMILES string of the molecule is Cc1c(-c2c(C(=O)Nc3ccc(O)cc3)c(C)n(C)c2-c2cc(Cl)ccc2C(=O)N2Cc3ccccc3C[C@H]2CN2CCOCC2)cc(C#N)n1C. The van der Waals surface area contributed by atoms with Gasteiger partial charge in [0.15, 0.2) is 0 Å². The molecule has 2 N–H and O–H groups in total. The molecule has 10 nitrogen and oxygen atoms in total. The van der Waals surface area contributed by atoms with E-state index in [0.29, 0.717) is 75.4 Å². The van der Waals surface area contributed by atoms with Crippen LogP contribution in [0.1, 0.15) is 48.9 Å². The van der Waals surface area contributed by atoms with Crippen LogP contribution in [-0.2, 0) is 31.8 Å². The summed E-state index contributed by atoms with van der Waals surface area (Å²) in [6, 6.07) is 23.9. The van der Waals surface area contributed by atoms with Gasteiger partial charge in [0, 0.05) is 90.7 Å². The monoisotopic (exact) mass is 716 g/mol. The molecule has 11 heteroatoms. The van der Waals surface area contributed by atoms with E-state index in [1.54, 1.807) is 41.0 Å². The lowest BCUT2D eigenvalue weighted by Gasteiger charge is -2.40. The van der Waals surface area contributed by atoms with E-state index in [0.717, 1.165) is 37.3 Å². The topological polar surface area (TPSA) is 116 Å². The number of ether oxygens (including phenoxy) is 1. The highest BCUT2D eigenvalue weighted by atomic mass is 35.5. The first kappa shape index (κ1) is 35.1. The van der Waals surface area contributed by atoms with Gasteiger partial charge in [0.25, 0.3) is 11.8 Å². The van der Waals surface area contributed by atoms with Crippen molar-refractivity contribution >= 4 is 29.1 Å². The second-order valence-corrected chi connectivity index (χ2v) is 14.0. The minimum Gasteiger partial charge on any atom is -0.508 e. The van der Waals surface area contributed by atoms with E-state index in [1.165, 1.54) is 17.7 Å². The van der Waals surface area contributed by atoms with Gasteiger partial charge in [-0.05, 0) is 79.9 Å². The number of phenols is 1. The molecule has 1 saturated heterocycles. The average molecular weight is 717 g/mol. The molecule has 4 heterocycles. The Balaban J connectivity index is 1.39. The highest BCUT2D eigenvalue weighted by molar-refractivity contribution is 6.31. The zero-order valence-electron chi connectivity index (χ0n) is 29.7. The number of aromatic hydroxyl groups is 1. The van der Waals surface area contributed by atoms with Crippen molar-refractivity contribution in [1.29, 1.82) is 5.26 Å². The van der Waals surface area contributed by atoms with Crippen molar-refractivity contribution in [2.75, 3.05) is 38.2 Å². The number of hydrogen-bond acceptors (Lipinski definition) is 6. The van der Waals surface area contributed by atoms with Gasteiger partial charge in [0.05, 0.1) is 24.5 Å². The van der Waals surface area contributed by atoms with E-state index in [9.17, 15) is 15.2 Å². The summed E-state index contributed by atoms with van der Waals surface area (Å²) in [6.07, 6.45) is 0.735. The van der Waals surface area contributed by atoms with Gasteiger partial charge in [-0.1, -0.05) is 35.9 Å². The Morgan fingerprint density at radius 3 is 2.35 bits per heavy atom. The van der Waals surface area contributed by atoms with Crippen molar-refractivity contribution in [2.24, 2.45) is 14.1 Å². The lowest BCUT2D eigenvalue weighted by Crippen LogP contribution is -2.52. The maximum absolute atomic E-state index is 15.1. The fourth-order valence-electron chi connectivity index (χ4n) is 7.58. The molecule has 3 aromatic carbocycles. The Labute approximate surface area is 308 Å². The lowest BCUT2D eigenvalue weighted by atomic mass is 9.91. The van der Waals surface area contributed by atoms with Gasteiger partial charge in [0.2, 0.25) is 0 Å². The number of carbonyl (C=O) groups is 2. The second kappa shape index (κ2) is 14.4. The number of benzene rings is 3. The van der Waals surface area contributed by atoms with Gasteiger partial charge in [0.1, 0.15) is 17.5 Å². The molecule has 1 fully saturated rings. The van der Waals surface area contributed by atoms with Crippen LogP contribution in [0.4, 0.5) is 5.69 Å². The quantitative estimate of drug-likeness (QED) is 0.181. The first-order valence-corrected chi connectivity index (χ1v) is 17.8. The van der Waals surface area contributed by atoms with Gasteiger partial charge in [-0.15, -0.1) is 0 Å². The average Bonchev–Trinajstić information content (AvgIpc) is 3.58. The minimum atomic E-state index is -0.366. The van der Waals surface area contributed by atoms with E-state index in [1.807, 2.05) is 43.5 Å². The molecule has 0 radical (unpaired) electrons. The summed E-state index contributed by atoms with van der Waals surface area (Å²) in [5.41, 5.74) is 8.16. The molecule has 0 unspecified atom stereocenters. The van der Waals surface area contributed by atoms with E-state index >= 15 is 4.79 Å². The van der Waals surface area contributed by atoms with Crippen LogP contribution >= 0.6 is 11.6 Å². The molecule has 52 heavy (non-hydrogen) atoms. The smallest absolute Gasteiger partial charge is 0.258 e. The summed E-state index contributed by atoms with van der Waals surface area (Å²) in [6.45, 7) is 7.94. The fraction of sp³-hybridized carbons (Fsp3) is 0.293. The Hall–Kier alpha value is -5.34. The number of carbonyl (C=O) groups excluding carboxylic acids is 2. The van der Waals surface area contributed by atoms with Crippen LogP contribution in [0.25, 0.3) is 22.4 Å². The molecule has 266 valence electrons. The zero-order chi connectivity index (χ0) is 36.7. The maximum Gasteiger partial charge on any atom is 0.258 e. The highest BCUT2D eigenvalue weighted by Gasteiger charge is 2.35. The van der Waals surface area contributed by atoms with E-state index < -0.39 is 0 Å². The van der Waals surface area contributed by atoms with Crippen LogP contribution in [0.5, 0.6) is 5.75 Å². The summed E-state index contributed by atoms with van der Waals surface area (Å²) in [4.78, 5) is 33.7. The zero-order valence-corrected chi connectivity index (χ0v) is 30.5. The predicted octanol–water partition coefficient (Wildman–Crippen LogP) is 6.70. The van der Waals surface area contributed by atoms with Crippen molar-refractivity contribution in [3.63, 3.8) is 0 Å². The Morgan fingerprint density at radius 2 is 1.65 bits per heavy atom. The van der Waals surface area contributed by atoms with Gasteiger partial charge >= 0.3 is 0 Å². The maximum atomic E-state index is 15.1. The molecular weight excluding hydrogens is 676 g/mol. The number of nitriles is 1. The number of fused-ring (bicyclic) bond motifs is 1. The number of aromatic nitrogens is 2. The number of phenolic OH excluding ortho intramolecular Hbond substituents is 1. The number of nitrogens with zero attached hydrogens (tertiary/aromatic N) is 5. The molecule has 0 spiro atoms. The van der Waals surface area contributed by atoms with Crippen LogP contribution in [0.2, 0.25) is 5.02 Å². The predicted molar refractivity (Wildman–Crippen MR) is 202 cm³/mol. The molecule has 5 aromatic rings. The third kappa shape index (κ3) is 6.48. The molecule has 2 aliphatic rings. The Kier molecular flexibility index (Phi) is 9.68. The molecule has 1 atom stereocenters. The van der Waals surface area contributed by atoms with Crippen molar-refractivity contribution < 1.29 is 19.4 Å². The van der Waals surface area contributed by atoms with Crippen molar-refractivity contribution in [1.82, 2.24) is 18.9 Å². The third-order valence-corrected chi connectivity index (χ3v) is 10.8. The largest absolute Gasteiger partial charge is 0.508 e. The first-order valence-electron chi connectivity index (χ1n) is 17.4. The number of anilines is 1. The van der Waals surface area contributed by atoms with Crippen LogP contribution < -0.4 is 5.32 Å². The van der Waals surface area contributed by atoms with Gasteiger partial charge in [-0.25, -0.2) is 0 Å². The van der Waals surface area contributed by atoms with Crippen LogP contribution in [0.15, 0.2) is 72.8 Å². The van der Waals surface area contributed by atoms with E-state index in [4.69, 9.17) is 16.3 Å². The van der Waals surface area contributed by atoms with Crippen LogP contribution in [-0.4, -0.2) is 74.7 Å². The number of morpholine rings is 1. The van der Waals surface area contributed by atoms with Crippen molar-refractivity contribution in [2.45, 2.75) is 32.9 Å². The molecule has 2 amide bonds. The van der Waals surface area contributed by atoms with E-state index in [2.05, 4.69) is 34.5 Å². The summed E-state index contributed by atoms with van der Waals surface area (Å²) in [5, 5.41) is 23.3. The second-order valence-electron chi connectivity index (χ2n) is 13.6. The third-order valence-electron chi connectivity index (χ3n) is 10.6. The van der Waals surface area contributed by atoms with Crippen LogP contribution in [0, 0.1) is 25.2 Å². The number of amides is 2. The Bertz CT molecular complexity index is 2220. The standard InChI is InChI=1S/C41H41ClN6O4/c1-25-35(21-31(22-43)45(25)3)38-37(40(50)44-30-10-12-33(49)13-11-30)26(2)46(4)39(38)36-20-29(42)9-14-34(36)41(51)48-23-28-8-6-5-7-27(28)19-32(48)24-47-15-17-52-18-16-47/h5-14,20-21,32,49H,15-19,23-24H2,1-4H3,(H,44,50)/t32-/m0/s1. The number of nitrogens with one attached hydrogen (secondary N) is 1. The van der Waals surface area contributed by atoms with Gasteiger partial charge < -0.3 is 29.2 Å². The normalized spacial score (nSPS) is 16.0. The highest BCUT2D eigenvalue weighted by Crippen LogP contribution is 2.43. The van der Waals surface area contributed by atoms with E-state index in [-0.39, 0.29) is 23.6 Å². The van der Waals surface area contributed by atoms with Crippen molar-refractivity contribution in [3.05, 3.63) is 117 Å². The van der Waals surface area contributed by atoms with Gasteiger partial charge in [-0.2, -0.15) is 5.26 Å². The fourth-order valence-corrected chi connectivity index (χ4v) is 7.75. The van der Waals surface area contributed by atoms with Gasteiger partial charge in [-0.3, -0.25) is 14.5 Å². The molecule has 0 saturated carbocycles. The summed E-state index contributed by atoms with van der Waals surface area (Å²) >= 11 is 6.75. The number of rotatable bonds is 7. The molecule has 0 bridgehead atoms. The number of halogens is 1. The first-order chi connectivity index (χ1) is 25.0. The Morgan fingerprint density at radius 1 is 0.942 bits per heavy atom.